The molecule has 2 rings (SSSR count). The lowest BCUT2D eigenvalue weighted by atomic mass is 9.88. The van der Waals surface area contributed by atoms with Crippen molar-refractivity contribution < 1.29 is 49.3 Å². The molecular formula is C18H25NO10. The molecule has 1 aromatic carbocycles. The molecule has 6 atom stereocenters. The number of hydrogen-bond donors (Lipinski definition) is 6. The Balaban J connectivity index is 2.42. The standard InChI is InChI=1S/C18H25NO10/c1-9(21)19-14-12(22)7-18(17(25)26,29-16(14)15(24)13(23)8-20)28-11-5-3-4-10(6-11)27-2/h3-6,12-16,20,22-24H,7-8H2,1-2H3,(H,19,21)(H,25,26)/t12-,13+,14+,15+,16?,18+/m0/s1. The number of nitrogens with one attached hydrogen (secondary N) is 1. The number of carboxylic acids is 1. The quantitative estimate of drug-likeness (QED) is 0.285. The van der Waals surface area contributed by atoms with Crippen molar-refractivity contribution in [2.24, 2.45) is 0 Å². The lowest BCUT2D eigenvalue weighted by molar-refractivity contribution is -0.284. The lowest BCUT2D eigenvalue weighted by Gasteiger charge is -2.46. The van der Waals surface area contributed by atoms with Crippen molar-refractivity contribution in [2.75, 3.05) is 13.7 Å². The van der Waals surface area contributed by atoms with Gasteiger partial charge in [-0.25, -0.2) is 4.79 Å². The van der Waals surface area contributed by atoms with Crippen LogP contribution in [0.5, 0.6) is 11.5 Å². The summed E-state index contributed by atoms with van der Waals surface area (Å²) in [6.07, 6.45) is -7.26. The van der Waals surface area contributed by atoms with Gasteiger partial charge in [0.2, 0.25) is 5.91 Å². The minimum absolute atomic E-state index is 0.0490. The van der Waals surface area contributed by atoms with Gasteiger partial charge < -0.3 is 45.1 Å². The Hall–Kier alpha value is -2.44. The number of aliphatic hydroxyl groups is 4. The van der Waals surface area contributed by atoms with Gasteiger partial charge in [0, 0.05) is 13.0 Å². The van der Waals surface area contributed by atoms with Crippen LogP contribution in [-0.2, 0) is 14.3 Å². The van der Waals surface area contributed by atoms with E-state index in [2.05, 4.69) is 5.32 Å². The highest BCUT2D eigenvalue weighted by Gasteiger charge is 2.56. The lowest BCUT2D eigenvalue weighted by Crippen LogP contribution is -2.68. The van der Waals surface area contributed by atoms with Crippen LogP contribution in [0.15, 0.2) is 24.3 Å². The maximum atomic E-state index is 12.0. The van der Waals surface area contributed by atoms with Crippen LogP contribution in [0.2, 0.25) is 0 Å². The number of carboxylic acid groups (broad SMARTS) is 1. The molecule has 1 heterocycles. The van der Waals surface area contributed by atoms with Crippen LogP contribution in [0.25, 0.3) is 0 Å². The first-order valence-corrected chi connectivity index (χ1v) is 8.80. The van der Waals surface area contributed by atoms with E-state index < -0.39 is 61.1 Å². The van der Waals surface area contributed by atoms with Gasteiger partial charge in [-0.15, -0.1) is 0 Å². The van der Waals surface area contributed by atoms with E-state index in [-0.39, 0.29) is 5.75 Å². The summed E-state index contributed by atoms with van der Waals surface area (Å²) in [6.45, 7) is 0.297. The summed E-state index contributed by atoms with van der Waals surface area (Å²) < 4.78 is 16.1. The van der Waals surface area contributed by atoms with E-state index in [1.807, 2.05) is 0 Å². The zero-order valence-corrected chi connectivity index (χ0v) is 15.9. The molecule has 0 radical (unpaired) electrons. The summed E-state index contributed by atoms with van der Waals surface area (Å²) in [5.41, 5.74) is 0. The number of amides is 1. The fraction of sp³-hybridized carbons (Fsp3) is 0.556. The smallest absolute Gasteiger partial charge is 0.377 e. The molecule has 1 unspecified atom stereocenters. The van der Waals surface area contributed by atoms with Crippen molar-refractivity contribution in [2.45, 2.75) is 49.6 Å². The van der Waals surface area contributed by atoms with Gasteiger partial charge in [0.1, 0.15) is 29.8 Å². The van der Waals surface area contributed by atoms with Gasteiger partial charge in [-0.1, -0.05) is 6.07 Å². The predicted molar refractivity (Wildman–Crippen MR) is 96.2 cm³/mol. The molecule has 0 aliphatic carbocycles. The van der Waals surface area contributed by atoms with Crippen LogP contribution >= 0.6 is 0 Å². The molecule has 1 amide bonds. The topological polar surface area (TPSA) is 175 Å². The molecule has 6 N–H and O–H groups in total. The molecule has 0 aromatic heterocycles. The van der Waals surface area contributed by atoms with Crippen LogP contribution in [0, 0.1) is 0 Å². The van der Waals surface area contributed by atoms with E-state index in [9.17, 15) is 30.0 Å². The zero-order chi connectivity index (χ0) is 21.8. The molecule has 1 fully saturated rings. The maximum absolute atomic E-state index is 12.0. The Labute approximate surface area is 166 Å². The molecule has 11 heteroatoms. The minimum Gasteiger partial charge on any atom is -0.497 e. The zero-order valence-electron chi connectivity index (χ0n) is 15.9. The van der Waals surface area contributed by atoms with Gasteiger partial charge in [0.25, 0.3) is 0 Å². The van der Waals surface area contributed by atoms with Crippen molar-refractivity contribution in [1.29, 1.82) is 0 Å². The Morgan fingerprint density at radius 1 is 1.34 bits per heavy atom. The Morgan fingerprint density at radius 2 is 2.00 bits per heavy atom. The van der Waals surface area contributed by atoms with E-state index in [0.29, 0.717) is 5.75 Å². The molecule has 29 heavy (non-hydrogen) atoms. The van der Waals surface area contributed by atoms with Gasteiger partial charge in [-0.2, -0.15) is 0 Å². The van der Waals surface area contributed by atoms with Crippen molar-refractivity contribution in [3.63, 3.8) is 0 Å². The molecule has 0 saturated carbocycles. The van der Waals surface area contributed by atoms with Gasteiger partial charge >= 0.3 is 11.8 Å². The fourth-order valence-corrected chi connectivity index (χ4v) is 3.09. The van der Waals surface area contributed by atoms with E-state index in [0.717, 1.165) is 6.92 Å². The van der Waals surface area contributed by atoms with E-state index in [1.54, 1.807) is 12.1 Å². The van der Waals surface area contributed by atoms with Gasteiger partial charge in [0.05, 0.1) is 32.3 Å². The monoisotopic (exact) mass is 415 g/mol. The van der Waals surface area contributed by atoms with Gasteiger partial charge in [0.15, 0.2) is 0 Å². The first-order valence-electron chi connectivity index (χ1n) is 8.80. The summed E-state index contributed by atoms with van der Waals surface area (Å²) in [6, 6.07) is 4.73. The Morgan fingerprint density at radius 3 is 2.55 bits per heavy atom. The molecule has 0 spiro atoms. The number of hydrogen-bond acceptors (Lipinski definition) is 9. The third-order valence-electron chi connectivity index (χ3n) is 4.51. The largest absolute Gasteiger partial charge is 0.497 e. The summed E-state index contributed by atoms with van der Waals surface area (Å²) in [5, 5.41) is 52.0. The molecule has 1 saturated heterocycles. The second-order valence-electron chi connectivity index (χ2n) is 6.66. The van der Waals surface area contributed by atoms with E-state index >= 15 is 0 Å². The van der Waals surface area contributed by atoms with Crippen LogP contribution in [0.4, 0.5) is 0 Å². The summed E-state index contributed by atoms with van der Waals surface area (Å²) in [4.78, 5) is 23.5. The second kappa shape index (κ2) is 9.37. The first kappa shape index (κ1) is 22.8. The first-order chi connectivity index (χ1) is 13.6. The highest BCUT2D eigenvalue weighted by atomic mass is 16.7. The third kappa shape index (κ3) is 5.14. The average molecular weight is 415 g/mol. The second-order valence-corrected chi connectivity index (χ2v) is 6.66. The van der Waals surface area contributed by atoms with E-state index in [4.69, 9.17) is 19.3 Å². The number of methoxy groups -OCH3 is 1. The number of rotatable bonds is 8. The number of aliphatic hydroxyl groups excluding tert-OH is 4. The van der Waals surface area contributed by atoms with E-state index in [1.165, 1.54) is 19.2 Å². The SMILES string of the molecule is COc1cccc(O[C@]2(C(=O)O)C[C@H](O)[C@@H](NC(C)=O)C([C@H](O)[C@H](O)CO)O2)c1. The third-order valence-corrected chi connectivity index (χ3v) is 4.51. The molecule has 1 aliphatic rings. The molecule has 1 aromatic rings. The molecule has 0 bridgehead atoms. The summed E-state index contributed by atoms with van der Waals surface area (Å²) in [7, 11) is 1.41. The highest BCUT2D eigenvalue weighted by molar-refractivity contribution is 5.77. The minimum atomic E-state index is -2.44. The van der Waals surface area contributed by atoms with Gasteiger partial charge in [-0.3, -0.25) is 4.79 Å². The number of carbonyl (C=O) groups is 2. The van der Waals surface area contributed by atoms with Crippen molar-refractivity contribution in [3.05, 3.63) is 24.3 Å². The van der Waals surface area contributed by atoms with Crippen molar-refractivity contribution in [3.8, 4) is 11.5 Å². The fourth-order valence-electron chi connectivity index (χ4n) is 3.09. The average Bonchev–Trinajstić information content (AvgIpc) is 2.68. The van der Waals surface area contributed by atoms with Gasteiger partial charge in [-0.05, 0) is 12.1 Å². The Kier molecular flexibility index (Phi) is 7.38. The van der Waals surface area contributed by atoms with Crippen molar-refractivity contribution >= 4 is 11.9 Å². The summed E-state index contributed by atoms with van der Waals surface area (Å²) >= 11 is 0. The van der Waals surface area contributed by atoms with Crippen LogP contribution in [0.3, 0.4) is 0 Å². The summed E-state index contributed by atoms with van der Waals surface area (Å²) in [5.74, 6) is -4.20. The number of ether oxygens (including phenoxy) is 3. The number of aliphatic carboxylic acids is 1. The molecule has 162 valence electrons. The predicted octanol–water partition coefficient (Wildman–Crippen LogP) is -1.78. The normalized spacial score (nSPS) is 28.8. The van der Waals surface area contributed by atoms with Crippen LogP contribution < -0.4 is 14.8 Å². The Bertz CT molecular complexity index is 728. The molecule has 11 nitrogen and oxygen atoms in total. The maximum Gasteiger partial charge on any atom is 0.377 e. The van der Waals surface area contributed by atoms with Crippen LogP contribution in [-0.4, -0.2) is 87.4 Å². The highest BCUT2D eigenvalue weighted by Crippen LogP contribution is 2.35. The van der Waals surface area contributed by atoms with Crippen molar-refractivity contribution in [1.82, 2.24) is 5.32 Å². The molecular weight excluding hydrogens is 390 g/mol. The molecule has 1 aliphatic heterocycles. The number of carbonyl (C=O) groups excluding carboxylic acids is 1. The number of benzene rings is 1. The van der Waals surface area contributed by atoms with Crippen LogP contribution in [0.1, 0.15) is 13.3 Å².